The Morgan fingerprint density at radius 3 is 2.46 bits per heavy atom. The smallest absolute Gasteiger partial charge is 0.212 e. The van der Waals surface area contributed by atoms with E-state index in [0.29, 0.717) is 6.54 Å². The van der Waals surface area contributed by atoms with Crippen molar-refractivity contribution in [3.8, 4) is 0 Å². The molecule has 5 heteroatoms. The summed E-state index contributed by atoms with van der Waals surface area (Å²) in [6.45, 7) is 7.75. The molecule has 1 unspecified atom stereocenters. The number of nitrogens with one attached hydrogen (secondary N) is 1. The molecule has 1 N–H and O–H groups in total. The van der Waals surface area contributed by atoms with Crippen LogP contribution in [-0.4, -0.2) is 31.7 Å². The second kappa shape index (κ2) is 5.24. The van der Waals surface area contributed by atoms with E-state index < -0.39 is 10.0 Å². The van der Waals surface area contributed by atoms with Gasteiger partial charge in [-0.1, -0.05) is 13.5 Å². The van der Waals surface area contributed by atoms with Gasteiger partial charge in [-0.05, 0) is 19.5 Å². The SMILES string of the molecule is C=CNC(C)N(CCC)S(C)(=O)=O. The number of sulfonamides is 1. The van der Waals surface area contributed by atoms with Crippen LogP contribution in [0, 0.1) is 0 Å². The molecule has 0 aromatic heterocycles. The molecular weight excluding hydrogens is 188 g/mol. The summed E-state index contributed by atoms with van der Waals surface area (Å²) in [5.41, 5.74) is 0. The standard InChI is InChI=1S/C8H18N2O2S/c1-5-7-10(13(4,11)12)8(3)9-6-2/h6,8-9H,2,5,7H2,1,3-4H3. The van der Waals surface area contributed by atoms with Crippen LogP contribution in [-0.2, 0) is 10.0 Å². The number of rotatable bonds is 6. The highest BCUT2D eigenvalue weighted by Gasteiger charge is 2.20. The molecule has 78 valence electrons. The highest BCUT2D eigenvalue weighted by atomic mass is 32.2. The van der Waals surface area contributed by atoms with E-state index in [2.05, 4.69) is 11.9 Å². The zero-order valence-electron chi connectivity index (χ0n) is 8.45. The fourth-order valence-corrected chi connectivity index (χ4v) is 2.27. The number of nitrogens with zero attached hydrogens (tertiary/aromatic N) is 1. The van der Waals surface area contributed by atoms with E-state index in [1.165, 1.54) is 16.8 Å². The fourth-order valence-electron chi connectivity index (χ4n) is 1.12. The molecule has 0 aliphatic heterocycles. The Morgan fingerprint density at radius 2 is 2.15 bits per heavy atom. The average molecular weight is 206 g/mol. The molecule has 0 heterocycles. The molecule has 1 atom stereocenters. The van der Waals surface area contributed by atoms with Crippen molar-refractivity contribution < 1.29 is 8.42 Å². The van der Waals surface area contributed by atoms with Crippen molar-refractivity contribution in [1.82, 2.24) is 9.62 Å². The molecule has 0 radical (unpaired) electrons. The highest BCUT2D eigenvalue weighted by Crippen LogP contribution is 2.03. The first-order valence-corrected chi connectivity index (χ1v) is 6.12. The maximum atomic E-state index is 11.3. The van der Waals surface area contributed by atoms with Crippen LogP contribution in [0.3, 0.4) is 0 Å². The first kappa shape index (κ1) is 12.4. The van der Waals surface area contributed by atoms with Gasteiger partial charge in [-0.25, -0.2) is 8.42 Å². The highest BCUT2D eigenvalue weighted by molar-refractivity contribution is 7.88. The molecule has 0 aromatic carbocycles. The van der Waals surface area contributed by atoms with Crippen LogP contribution < -0.4 is 5.32 Å². The third-order valence-corrected chi connectivity index (χ3v) is 3.01. The lowest BCUT2D eigenvalue weighted by atomic mass is 10.4. The Balaban J connectivity index is 4.50. The van der Waals surface area contributed by atoms with Gasteiger partial charge in [0, 0.05) is 6.54 Å². The van der Waals surface area contributed by atoms with Crippen molar-refractivity contribution in [3.05, 3.63) is 12.8 Å². The Morgan fingerprint density at radius 1 is 1.62 bits per heavy atom. The monoisotopic (exact) mass is 206 g/mol. The molecule has 0 spiro atoms. The van der Waals surface area contributed by atoms with Gasteiger partial charge < -0.3 is 5.32 Å². The van der Waals surface area contributed by atoms with E-state index in [0.717, 1.165) is 6.42 Å². The van der Waals surface area contributed by atoms with E-state index >= 15 is 0 Å². The largest absolute Gasteiger partial charge is 0.375 e. The summed E-state index contributed by atoms with van der Waals surface area (Å²) in [6, 6.07) is 0. The summed E-state index contributed by atoms with van der Waals surface area (Å²) < 4.78 is 24.0. The molecule has 0 rings (SSSR count). The Hall–Kier alpha value is -0.550. The average Bonchev–Trinajstić information content (AvgIpc) is 1.98. The maximum absolute atomic E-state index is 11.3. The lowest BCUT2D eigenvalue weighted by Crippen LogP contribution is -2.44. The van der Waals surface area contributed by atoms with Crippen molar-refractivity contribution in [1.29, 1.82) is 0 Å². The first-order chi connectivity index (χ1) is 5.93. The number of hydrogen-bond donors (Lipinski definition) is 1. The van der Waals surface area contributed by atoms with Crippen molar-refractivity contribution >= 4 is 10.0 Å². The van der Waals surface area contributed by atoms with E-state index in [1.54, 1.807) is 6.92 Å². The molecule has 0 aliphatic rings. The summed E-state index contributed by atoms with van der Waals surface area (Å²) >= 11 is 0. The summed E-state index contributed by atoms with van der Waals surface area (Å²) in [6.07, 6.45) is 3.28. The van der Waals surface area contributed by atoms with E-state index in [4.69, 9.17) is 0 Å². The Labute approximate surface area is 80.7 Å². The molecule has 0 aromatic rings. The van der Waals surface area contributed by atoms with Gasteiger partial charge in [0.25, 0.3) is 0 Å². The zero-order valence-corrected chi connectivity index (χ0v) is 9.26. The topological polar surface area (TPSA) is 49.4 Å². The van der Waals surface area contributed by atoms with Gasteiger partial charge in [0.15, 0.2) is 0 Å². The van der Waals surface area contributed by atoms with Crippen LogP contribution in [0.1, 0.15) is 20.3 Å². The fraction of sp³-hybridized carbons (Fsp3) is 0.750. The number of hydrogen-bond acceptors (Lipinski definition) is 3. The summed E-state index contributed by atoms with van der Waals surface area (Å²) in [4.78, 5) is 0. The third kappa shape index (κ3) is 4.28. The summed E-state index contributed by atoms with van der Waals surface area (Å²) in [5.74, 6) is 0. The van der Waals surface area contributed by atoms with Gasteiger partial charge in [-0.15, -0.1) is 0 Å². The van der Waals surface area contributed by atoms with Gasteiger partial charge in [-0.3, -0.25) is 0 Å². The maximum Gasteiger partial charge on any atom is 0.212 e. The lowest BCUT2D eigenvalue weighted by molar-refractivity contribution is 0.315. The van der Waals surface area contributed by atoms with Gasteiger partial charge in [0.05, 0.1) is 12.4 Å². The Bertz CT molecular complexity index is 249. The Kier molecular flexibility index (Phi) is 5.02. The van der Waals surface area contributed by atoms with E-state index in [1.807, 2.05) is 6.92 Å². The van der Waals surface area contributed by atoms with Crippen LogP contribution in [0.2, 0.25) is 0 Å². The normalized spacial score (nSPS) is 14.2. The van der Waals surface area contributed by atoms with Gasteiger partial charge >= 0.3 is 0 Å². The van der Waals surface area contributed by atoms with Gasteiger partial charge in [0.1, 0.15) is 0 Å². The molecule has 0 fully saturated rings. The zero-order chi connectivity index (χ0) is 10.5. The third-order valence-electron chi connectivity index (χ3n) is 1.66. The van der Waals surface area contributed by atoms with Gasteiger partial charge in [-0.2, -0.15) is 4.31 Å². The molecule has 0 aliphatic carbocycles. The second-order valence-corrected chi connectivity index (χ2v) is 4.86. The molecule has 0 saturated heterocycles. The minimum atomic E-state index is -3.13. The van der Waals surface area contributed by atoms with Gasteiger partial charge in [0.2, 0.25) is 10.0 Å². The molecule has 0 amide bonds. The van der Waals surface area contributed by atoms with Crippen LogP contribution in [0.5, 0.6) is 0 Å². The molecule has 0 saturated carbocycles. The van der Waals surface area contributed by atoms with E-state index in [-0.39, 0.29) is 6.17 Å². The van der Waals surface area contributed by atoms with Crippen LogP contribution in [0.25, 0.3) is 0 Å². The molecule has 0 bridgehead atoms. The molecular formula is C8H18N2O2S. The van der Waals surface area contributed by atoms with E-state index in [9.17, 15) is 8.42 Å². The minimum Gasteiger partial charge on any atom is -0.375 e. The quantitative estimate of drug-likeness (QED) is 0.652. The minimum absolute atomic E-state index is 0.229. The predicted molar refractivity (Wildman–Crippen MR) is 54.6 cm³/mol. The second-order valence-electron chi connectivity index (χ2n) is 2.92. The molecule has 13 heavy (non-hydrogen) atoms. The van der Waals surface area contributed by atoms with Crippen LogP contribution >= 0.6 is 0 Å². The van der Waals surface area contributed by atoms with Crippen LogP contribution in [0.15, 0.2) is 12.8 Å². The van der Waals surface area contributed by atoms with Crippen molar-refractivity contribution in [2.24, 2.45) is 0 Å². The molecule has 4 nitrogen and oxygen atoms in total. The lowest BCUT2D eigenvalue weighted by Gasteiger charge is -2.26. The predicted octanol–water partition coefficient (Wildman–Crippen LogP) is 0.737. The van der Waals surface area contributed by atoms with Crippen molar-refractivity contribution in [3.63, 3.8) is 0 Å². The summed E-state index contributed by atoms with van der Waals surface area (Å²) in [7, 11) is -3.13. The van der Waals surface area contributed by atoms with Crippen molar-refractivity contribution in [2.45, 2.75) is 26.4 Å². The summed E-state index contributed by atoms with van der Waals surface area (Å²) in [5, 5.41) is 2.85. The van der Waals surface area contributed by atoms with Crippen molar-refractivity contribution in [2.75, 3.05) is 12.8 Å². The van der Waals surface area contributed by atoms with Crippen LogP contribution in [0.4, 0.5) is 0 Å². The first-order valence-electron chi connectivity index (χ1n) is 4.27.